The van der Waals surface area contributed by atoms with Crippen molar-refractivity contribution in [2.24, 2.45) is 16.7 Å². The minimum Gasteiger partial charge on any atom is -0.399 e. The number of carbonyl (C=O) groups excluding carboxylic acids is 1. The van der Waals surface area contributed by atoms with E-state index in [1.807, 2.05) is 24.3 Å². The fourth-order valence-corrected chi connectivity index (χ4v) is 3.87. The molecule has 2 atom stereocenters. The number of anilines is 1. The van der Waals surface area contributed by atoms with Crippen LogP contribution in [0.3, 0.4) is 0 Å². The Hall–Kier alpha value is -1.57. The van der Waals surface area contributed by atoms with Crippen LogP contribution in [0.25, 0.3) is 6.08 Å². The van der Waals surface area contributed by atoms with Gasteiger partial charge in [0.15, 0.2) is 5.78 Å². The first-order valence-corrected chi connectivity index (χ1v) is 6.98. The van der Waals surface area contributed by atoms with E-state index < -0.39 is 0 Å². The van der Waals surface area contributed by atoms with E-state index in [0.717, 1.165) is 29.7 Å². The predicted molar refractivity (Wildman–Crippen MR) is 78.5 cm³/mol. The number of benzene rings is 1. The van der Waals surface area contributed by atoms with Gasteiger partial charge in [-0.2, -0.15) is 0 Å². The van der Waals surface area contributed by atoms with Crippen molar-refractivity contribution in [1.29, 1.82) is 0 Å². The summed E-state index contributed by atoms with van der Waals surface area (Å²) in [6, 6.07) is 7.74. The summed E-state index contributed by atoms with van der Waals surface area (Å²) in [5.41, 5.74) is 8.47. The predicted octanol–water partition coefficient (Wildman–Crippen LogP) is 3.68. The van der Waals surface area contributed by atoms with E-state index in [2.05, 4.69) is 26.8 Å². The summed E-state index contributed by atoms with van der Waals surface area (Å²) in [7, 11) is 0. The third-order valence-electron chi connectivity index (χ3n) is 5.62. The van der Waals surface area contributed by atoms with Gasteiger partial charge in [-0.3, -0.25) is 4.79 Å². The van der Waals surface area contributed by atoms with Crippen LogP contribution in [0, 0.1) is 16.7 Å². The van der Waals surface area contributed by atoms with Gasteiger partial charge in [-0.05, 0) is 53.5 Å². The molecule has 0 spiro atoms. The highest BCUT2D eigenvalue weighted by Gasteiger charge is 2.63. The molecule has 2 saturated carbocycles. The van der Waals surface area contributed by atoms with E-state index in [0.29, 0.717) is 11.7 Å². The van der Waals surface area contributed by atoms with Crippen molar-refractivity contribution in [3.05, 3.63) is 35.4 Å². The van der Waals surface area contributed by atoms with Gasteiger partial charge in [0.05, 0.1) is 0 Å². The molecule has 3 rings (SSSR count). The minimum atomic E-state index is -0.169. The molecule has 2 heteroatoms. The largest absolute Gasteiger partial charge is 0.399 e. The molecule has 2 aliphatic rings. The van der Waals surface area contributed by atoms with Crippen LogP contribution in [0.2, 0.25) is 0 Å². The van der Waals surface area contributed by atoms with E-state index >= 15 is 0 Å². The molecule has 0 aliphatic heterocycles. The Balaban J connectivity index is 2.04. The summed E-state index contributed by atoms with van der Waals surface area (Å²) in [5, 5.41) is 0. The molecule has 2 bridgehead atoms. The Morgan fingerprint density at radius 3 is 2.37 bits per heavy atom. The Morgan fingerprint density at radius 1 is 1.21 bits per heavy atom. The monoisotopic (exact) mass is 255 g/mol. The topological polar surface area (TPSA) is 43.1 Å². The molecule has 2 unspecified atom stereocenters. The van der Waals surface area contributed by atoms with Crippen LogP contribution >= 0.6 is 0 Å². The molecule has 0 saturated heterocycles. The molecule has 0 heterocycles. The Labute approximate surface area is 114 Å². The average Bonchev–Trinajstić information content (AvgIpc) is 2.66. The van der Waals surface area contributed by atoms with E-state index in [9.17, 15) is 4.79 Å². The highest BCUT2D eigenvalue weighted by molar-refractivity contribution is 6.07. The van der Waals surface area contributed by atoms with Crippen LogP contribution in [-0.4, -0.2) is 5.78 Å². The van der Waals surface area contributed by atoms with Crippen LogP contribution in [0.5, 0.6) is 0 Å². The summed E-state index contributed by atoms with van der Waals surface area (Å²) in [6.45, 7) is 6.62. The van der Waals surface area contributed by atoms with Crippen molar-refractivity contribution in [3.63, 3.8) is 0 Å². The maximum absolute atomic E-state index is 12.7. The van der Waals surface area contributed by atoms with Crippen LogP contribution in [0.4, 0.5) is 5.69 Å². The van der Waals surface area contributed by atoms with Crippen LogP contribution in [0.1, 0.15) is 39.2 Å². The third kappa shape index (κ3) is 1.52. The lowest BCUT2D eigenvalue weighted by molar-refractivity contribution is -0.125. The van der Waals surface area contributed by atoms with Gasteiger partial charge in [-0.1, -0.05) is 32.9 Å². The average molecular weight is 255 g/mol. The van der Waals surface area contributed by atoms with Crippen LogP contribution < -0.4 is 5.73 Å². The summed E-state index contributed by atoms with van der Waals surface area (Å²) in [5.74, 6) is 0.758. The zero-order valence-corrected chi connectivity index (χ0v) is 11.9. The molecule has 0 amide bonds. The number of ketones is 1. The van der Waals surface area contributed by atoms with E-state index in [-0.39, 0.29) is 10.8 Å². The van der Waals surface area contributed by atoms with Crippen LogP contribution in [0.15, 0.2) is 29.8 Å². The van der Waals surface area contributed by atoms with E-state index in [4.69, 9.17) is 5.73 Å². The fourth-order valence-electron chi connectivity index (χ4n) is 3.87. The molecular weight excluding hydrogens is 234 g/mol. The van der Waals surface area contributed by atoms with Gasteiger partial charge in [0, 0.05) is 11.1 Å². The normalized spacial score (nSPS) is 34.2. The first kappa shape index (κ1) is 12.5. The molecule has 100 valence electrons. The number of Topliss-reactive ketones (excluding diaryl/α,β-unsaturated/α-hetero) is 1. The number of nitrogen functional groups attached to an aromatic ring is 1. The van der Waals surface area contributed by atoms with Crippen molar-refractivity contribution in [3.8, 4) is 0 Å². The third-order valence-corrected chi connectivity index (χ3v) is 5.62. The zero-order valence-electron chi connectivity index (χ0n) is 11.9. The SMILES string of the molecule is CC12CCC(/C(=C/c3ccc(N)cc3)C1=O)C2(C)C. The number of rotatable bonds is 1. The molecule has 2 N–H and O–H groups in total. The zero-order chi connectivity index (χ0) is 13.8. The second-order valence-electron chi connectivity index (χ2n) is 6.74. The number of hydrogen-bond acceptors (Lipinski definition) is 2. The van der Waals surface area contributed by atoms with Gasteiger partial charge >= 0.3 is 0 Å². The maximum atomic E-state index is 12.7. The van der Waals surface area contributed by atoms with Crippen LogP contribution in [-0.2, 0) is 4.79 Å². The lowest BCUT2D eigenvalue weighted by Gasteiger charge is -2.31. The van der Waals surface area contributed by atoms with Crippen molar-refractivity contribution < 1.29 is 4.79 Å². The summed E-state index contributed by atoms with van der Waals surface area (Å²) < 4.78 is 0. The standard InChI is InChI=1S/C17H21NO/c1-16(2)14-8-9-17(16,3)15(19)13(14)10-11-4-6-12(18)7-5-11/h4-7,10,14H,8-9,18H2,1-3H3/b13-10-. The van der Waals surface area contributed by atoms with Crippen molar-refractivity contribution >= 4 is 17.5 Å². The lowest BCUT2D eigenvalue weighted by atomic mass is 9.70. The molecule has 2 nitrogen and oxygen atoms in total. The Bertz CT molecular complexity index is 567. The molecular formula is C17H21NO. The van der Waals surface area contributed by atoms with Crippen molar-refractivity contribution in [2.75, 3.05) is 5.73 Å². The highest BCUT2D eigenvalue weighted by Crippen LogP contribution is 2.65. The second-order valence-corrected chi connectivity index (χ2v) is 6.74. The summed E-state index contributed by atoms with van der Waals surface area (Å²) in [6.07, 6.45) is 4.23. The lowest BCUT2D eigenvalue weighted by Crippen LogP contribution is -2.32. The number of allylic oxidation sites excluding steroid dienone is 1. The number of fused-ring (bicyclic) bond motifs is 2. The molecule has 2 fully saturated rings. The van der Waals surface area contributed by atoms with E-state index in [1.54, 1.807) is 0 Å². The van der Waals surface area contributed by atoms with Gasteiger partial charge in [-0.15, -0.1) is 0 Å². The fraction of sp³-hybridized carbons (Fsp3) is 0.471. The molecule has 2 aliphatic carbocycles. The molecule has 1 aromatic carbocycles. The van der Waals surface area contributed by atoms with Gasteiger partial charge in [0.1, 0.15) is 0 Å². The number of nitrogens with two attached hydrogens (primary N) is 1. The number of carbonyl (C=O) groups is 1. The first-order chi connectivity index (χ1) is 8.86. The number of hydrogen-bond donors (Lipinski definition) is 1. The van der Waals surface area contributed by atoms with Crippen molar-refractivity contribution in [1.82, 2.24) is 0 Å². The van der Waals surface area contributed by atoms with Gasteiger partial charge in [0.25, 0.3) is 0 Å². The Morgan fingerprint density at radius 2 is 1.84 bits per heavy atom. The van der Waals surface area contributed by atoms with Gasteiger partial charge in [-0.25, -0.2) is 0 Å². The second kappa shape index (κ2) is 3.72. The van der Waals surface area contributed by atoms with Gasteiger partial charge in [0.2, 0.25) is 0 Å². The molecule has 0 aromatic heterocycles. The molecule has 19 heavy (non-hydrogen) atoms. The molecule has 1 aromatic rings. The first-order valence-electron chi connectivity index (χ1n) is 6.98. The molecule has 0 radical (unpaired) electrons. The highest BCUT2D eigenvalue weighted by atomic mass is 16.1. The van der Waals surface area contributed by atoms with Crippen molar-refractivity contribution in [2.45, 2.75) is 33.6 Å². The summed E-state index contributed by atoms with van der Waals surface area (Å²) in [4.78, 5) is 12.7. The van der Waals surface area contributed by atoms with Gasteiger partial charge < -0.3 is 5.73 Å². The summed E-state index contributed by atoms with van der Waals surface area (Å²) >= 11 is 0. The minimum absolute atomic E-state index is 0.0870. The van der Waals surface area contributed by atoms with E-state index in [1.165, 1.54) is 0 Å². The maximum Gasteiger partial charge on any atom is 0.165 e. The Kier molecular flexibility index (Phi) is 2.44. The quantitative estimate of drug-likeness (QED) is 0.614. The smallest absolute Gasteiger partial charge is 0.165 e.